The Kier molecular flexibility index (Phi) is 16.6. The molecule has 0 atom stereocenters. The molecule has 0 heterocycles. The molecule has 0 aliphatic heterocycles. The SMILES string of the molecule is CC(=O)Nc1ccc(O)cc1.CC(=O)Nc1ccc(O)cc1.[C-]1=CC=CC1.[C-]1=CC=CC1.[Zr+2]. The Labute approximate surface area is 214 Å². The first-order chi connectivity index (χ1) is 15.4. The molecule has 0 unspecified atom stereocenters. The number of hydrogen-bond donors (Lipinski definition) is 4. The van der Waals surface area contributed by atoms with Crippen LogP contribution in [0.25, 0.3) is 0 Å². The molecule has 0 saturated carbocycles. The Morgan fingerprint density at radius 2 is 1.03 bits per heavy atom. The smallest absolute Gasteiger partial charge is 0.508 e. The summed E-state index contributed by atoms with van der Waals surface area (Å²) >= 11 is 0. The molecule has 0 aromatic heterocycles. The monoisotopic (exact) mass is 522 g/mol. The predicted molar refractivity (Wildman–Crippen MR) is 128 cm³/mol. The summed E-state index contributed by atoms with van der Waals surface area (Å²) in [5.41, 5.74) is 1.38. The third-order valence-electron chi connectivity index (χ3n) is 3.55. The summed E-state index contributed by atoms with van der Waals surface area (Å²) < 4.78 is 0. The molecule has 2 aromatic rings. The Morgan fingerprint density at radius 1 is 0.697 bits per heavy atom. The van der Waals surface area contributed by atoms with Crippen molar-refractivity contribution < 1.29 is 46.0 Å². The second kappa shape index (κ2) is 18.4. The van der Waals surface area contributed by atoms with Gasteiger partial charge in [-0.15, -0.1) is 12.8 Å². The summed E-state index contributed by atoms with van der Waals surface area (Å²) in [6, 6.07) is 12.6. The molecule has 2 aliphatic rings. The molecule has 4 N–H and O–H groups in total. The number of nitrogens with one attached hydrogen (secondary N) is 2. The van der Waals surface area contributed by atoms with Gasteiger partial charge in [0.2, 0.25) is 11.8 Å². The first kappa shape index (κ1) is 29.8. The normalized spacial score (nSPS) is 11.5. The van der Waals surface area contributed by atoms with Gasteiger partial charge in [-0.1, -0.05) is 0 Å². The minimum Gasteiger partial charge on any atom is -0.508 e. The number of amides is 2. The number of rotatable bonds is 2. The van der Waals surface area contributed by atoms with Gasteiger partial charge in [0.1, 0.15) is 11.5 Å². The van der Waals surface area contributed by atoms with Gasteiger partial charge in [-0.05, 0) is 48.5 Å². The minimum absolute atomic E-state index is 0. The first-order valence-electron chi connectivity index (χ1n) is 9.93. The third kappa shape index (κ3) is 17.1. The fourth-order valence-corrected chi connectivity index (χ4v) is 2.18. The van der Waals surface area contributed by atoms with E-state index in [2.05, 4.69) is 34.9 Å². The molecule has 2 aromatic carbocycles. The number of carbonyl (C=O) groups excluding carboxylic acids is 2. The van der Waals surface area contributed by atoms with E-state index in [1.807, 2.05) is 24.3 Å². The van der Waals surface area contributed by atoms with Crippen LogP contribution in [-0.4, -0.2) is 22.0 Å². The van der Waals surface area contributed by atoms with Crippen LogP contribution < -0.4 is 10.6 Å². The van der Waals surface area contributed by atoms with Crippen molar-refractivity contribution in [3.8, 4) is 11.5 Å². The molecule has 33 heavy (non-hydrogen) atoms. The topological polar surface area (TPSA) is 98.7 Å². The van der Waals surface area contributed by atoms with Crippen LogP contribution in [0.4, 0.5) is 11.4 Å². The first-order valence-corrected chi connectivity index (χ1v) is 9.93. The van der Waals surface area contributed by atoms with E-state index in [1.165, 1.54) is 38.1 Å². The summed E-state index contributed by atoms with van der Waals surface area (Å²) in [5.74, 6) is 0.157. The number of allylic oxidation sites excluding steroid dienone is 8. The minimum atomic E-state index is -0.115. The fourth-order valence-electron chi connectivity index (χ4n) is 2.18. The Morgan fingerprint density at radius 3 is 1.21 bits per heavy atom. The molecular weight excluding hydrogens is 496 g/mol. The number of carbonyl (C=O) groups is 2. The van der Waals surface area contributed by atoms with E-state index in [9.17, 15) is 9.59 Å². The molecular formula is C26H28N2O4Zr. The number of aromatic hydroxyl groups is 2. The van der Waals surface area contributed by atoms with Crippen molar-refractivity contribution in [1.82, 2.24) is 0 Å². The number of benzene rings is 2. The molecule has 4 rings (SSSR count). The Hall–Kier alpha value is -3.18. The average molecular weight is 524 g/mol. The van der Waals surface area contributed by atoms with E-state index in [1.54, 1.807) is 24.3 Å². The van der Waals surface area contributed by atoms with Gasteiger partial charge in [-0.2, -0.15) is 12.2 Å². The maximum Gasteiger partial charge on any atom is 2.00 e. The van der Waals surface area contributed by atoms with Crippen molar-refractivity contribution in [2.45, 2.75) is 26.7 Å². The van der Waals surface area contributed by atoms with E-state index < -0.39 is 0 Å². The fraction of sp³-hybridized carbons (Fsp3) is 0.154. The van der Waals surface area contributed by atoms with Gasteiger partial charge in [0.05, 0.1) is 0 Å². The Bertz CT molecular complexity index is 848. The van der Waals surface area contributed by atoms with Crippen molar-refractivity contribution in [3.63, 3.8) is 0 Å². The molecule has 2 aliphatic carbocycles. The average Bonchev–Trinajstić information content (AvgIpc) is 3.50. The number of anilines is 2. The molecule has 170 valence electrons. The molecule has 2 amide bonds. The van der Waals surface area contributed by atoms with Gasteiger partial charge in [0, 0.05) is 25.2 Å². The van der Waals surface area contributed by atoms with Crippen LogP contribution >= 0.6 is 0 Å². The maximum atomic E-state index is 10.5. The quantitative estimate of drug-likeness (QED) is 0.317. The van der Waals surface area contributed by atoms with Crippen LogP contribution in [0.15, 0.2) is 85.0 Å². The molecule has 6 nitrogen and oxygen atoms in total. The van der Waals surface area contributed by atoms with Crippen LogP contribution in [0.3, 0.4) is 0 Å². The van der Waals surface area contributed by atoms with Crippen molar-refractivity contribution in [2.24, 2.45) is 0 Å². The molecule has 0 saturated heterocycles. The standard InChI is InChI=1S/2C8H9NO2.2C5H5.Zr/c2*1-6(10)9-7-2-4-8(11)5-3-7;2*1-2-4-5-3-1;/h2*2-5,11H,1H3,(H,9,10);2*1-3H,4H2;/q;;2*-1;+2. The van der Waals surface area contributed by atoms with Crippen LogP contribution in [0.5, 0.6) is 11.5 Å². The van der Waals surface area contributed by atoms with Gasteiger partial charge in [-0.25, -0.2) is 24.3 Å². The van der Waals surface area contributed by atoms with E-state index in [4.69, 9.17) is 10.2 Å². The van der Waals surface area contributed by atoms with Gasteiger partial charge < -0.3 is 20.8 Å². The largest absolute Gasteiger partial charge is 2.00 e. The van der Waals surface area contributed by atoms with E-state index >= 15 is 0 Å². The number of hydrogen-bond acceptors (Lipinski definition) is 4. The van der Waals surface area contributed by atoms with Crippen molar-refractivity contribution >= 4 is 23.2 Å². The van der Waals surface area contributed by atoms with Crippen LogP contribution in [0.2, 0.25) is 0 Å². The van der Waals surface area contributed by atoms with Gasteiger partial charge in [0.25, 0.3) is 0 Å². The van der Waals surface area contributed by atoms with Crippen LogP contribution in [0, 0.1) is 12.2 Å². The summed E-state index contributed by atoms with van der Waals surface area (Å²) in [7, 11) is 0. The van der Waals surface area contributed by atoms with Gasteiger partial charge in [-0.3, -0.25) is 21.7 Å². The summed E-state index contributed by atoms with van der Waals surface area (Å²) in [6.45, 7) is 2.87. The second-order valence-electron chi connectivity index (χ2n) is 6.46. The van der Waals surface area contributed by atoms with E-state index in [0.29, 0.717) is 11.4 Å². The summed E-state index contributed by atoms with van der Waals surface area (Å²) in [4.78, 5) is 21.0. The second-order valence-corrected chi connectivity index (χ2v) is 6.46. The molecule has 0 fully saturated rings. The zero-order chi connectivity index (χ0) is 23.6. The molecule has 7 heteroatoms. The van der Waals surface area contributed by atoms with Crippen LogP contribution in [-0.2, 0) is 35.8 Å². The molecule has 0 spiro atoms. The van der Waals surface area contributed by atoms with Crippen LogP contribution in [0.1, 0.15) is 26.7 Å². The molecule has 0 radical (unpaired) electrons. The molecule has 0 bridgehead atoms. The number of phenolic OH excluding ortho intramolecular Hbond substituents is 2. The number of phenols is 2. The van der Waals surface area contributed by atoms with Crippen molar-refractivity contribution in [2.75, 3.05) is 10.6 Å². The predicted octanol–water partition coefficient (Wildman–Crippen LogP) is 5.31. The van der Waals surface area contributed by atoms with Crippen molar-refractivity contribution in [3.05, 3.63) is 97.1 Å². The summed E-state index contributed by atoms with van der Waals surface area (Å²) in [6.07, 6.45) is 20.0. The zero-order valence-corrected chi connectivity index (χ0v) is 21.2. The van der Waals surface area contributed by atoms with Gasteiger partial charge >= 0.3 is 26.2 Å². The van der Waals surface area contributed by atoms with E-state index in [0.717, 1.165) is 12.8 Å². The Balaban J connectivity index is 0.000000434. The third-order valence-corrected chi connectivity index (χ3v) is 3.55. The summed E-state index contributed by atoms with van der Waals surface area (Å²) in [5, 5.41) is 22.9. The van der Waals surface area contributed by atoms with Crippen molar-refractivity contribution in [1.29, 1.82) is 0 Å². The zero-order valence-electron chi connectivity index (χ0n) is 18.7. The maximum absolute atomic E-state index is 10.5. The van der Waals surface area contributed by atoms with Gasteiger partial charge in [0.15, 0.2) is 0 Å². The van der Waals surface area contributed by atoms with E-state index in [-0.39, 0.29) is 49.5 Å².